The average Bonchev–Trinajstić information content (AvgIpc) is 2.82. The first-order chi connectivity index (χ1) is 7.76. The van der Waals surface area contributed by atoms with Crippen molar-refractivity contribution in [2.75, 3.05) is 0 Å². The molecule has 0 unspecified atom stereocenters. The second-order valence-corrected chi connectivity index (χ2v) is 3.12. The molecule has 0 fully saturated rings. The van der Waals surface area contributed by atoms with Gasteiger partial charge in [-0.05, 0) is 12.1 Å². The van der Waals surface area contributed by atoms with E-state index in [-0.39, 0.29) is 22.2 Å². The summed E-state index contributed by atoms with van der Waals surface area (Å²) in [4.78, 5) is 7.71. The Kier molecular flexibility index (Phi) is 2.55. The number of hydrogen-bond acceptors (Lipinski definition) is 5. The number of aromatic nitrogens is 2. The van der Waals surface area contributed by atoms with Gasteiger partial charge in [0.1, 0.15) is 17.8 Å². The molecule has 0 amide bonds. The van der Waals surface area contributed by atoms with Crippen LogP contribution in [0.5, 0.6) is 0 Å². The molecule has 0 aliphatic rings. The Hall–Kier alpha value is -2.37. The fraction of sp³-hybridized carbons (Fsp3) is 0. The highest BCUT2D eigenvalue weighted by Gasteiger charge is 2.15. The molecule has 16 heavy (non-hydrogen) atoms. The maximum absolute atomic E-state index is 8.79. The summed E-state index contributed by atoms with van der Waals surface area (Å²) in [6.07, 6.45) is 1.46. The molecule has 0 bridgehead atoms. The van der Waals surface area contributed by atoms with E-state index in [1.54, 1.807) is 24.3 Å². The Balaban J connectivity index is 2.67. The zero-order chi connectivity index (χ0) is 11.5. The van der Waals surface area contributed by atoms with Crippen LogP contribution in [0.15, 0.2) is 22.8 Å². The summed E-state index contributed by atoms with van der Waals surface area (Å²) in [5, 5.41) is 17.5. The Morgan fingerprint density at radius 1 is 1.19 bits per heavy atom. The van der Waals surface area contributed by atoms with Gasteiger partial charge in [-0.15, -0.1) is 0 Å². The Bertz CT molecular complexity index is 607. The predicted octanol–water partition coefficient (Wildman–Crippen LogP) is 2.13. The minimum atomic E-state index is -0.0946. The van der Waals surface area contributed by atoms with E-state index >= 15 is 0 Å². The van der Waals surface area contributed by atoms with Crippen molar-refractivity contribution in [3.05, 3.63) is 34.9 Å². The molecule has 0 atom stereocenters. The highest BCUT2D eigenvalue weighted by molar-refractivity contribution is 6.31. The maximum atomic E-state index is 8.79. The van der Waals surface area contributed by atoms with Crippen molar-refractivity contribution in [1.82, 2.24) is 9.97 Å². The molecular formula is C10H3ClN4O. The minimum Gasteiger partial charge on any atom is -0.463 e. The third-order valence-electron chi connectivity index (χ3n) is 1.82. The van der Waals surface area contributed by atoms with Gasteiger partial charge in [-0.2, -0.15) is 10.5 Å². The normalized spacial score (nSPS) is 9.44. The summed E-state index contributed by atoms with van der Waals surface area (Å²) in [5.41, 5.74) is 0.0864. The topological polar surface area (TPSA) is 86.5 Å². The van der Waals surface area contributed by atoms with Crippen LogP contribution in [-0.4, -0.2) is 9.97 Å². The lowest BCUT2D eigenvalue weighted by Crippen LogP contribution is -1.97. The SMILES string of the molecule is N#Cc1nc(Cl)c(-c2ccco2)nc1C#N. The summed E-state index contributed by atoms with van der Waals surface area (Å²) in [7, 11) is 0. The van der Waals surface area contributed by atoms with Crippen LogP contribution in [0.3, 0.4) is 0 Å². The molecule has 6 heteroatoms. The zero-order valence-corrected chi connectivity index (χ0v) is 8.56. The maximum Gasteiger partial charge on any atom is 0.178 e. The third kappa shape index (κ3) is 1.60. The molecule has 0 N–H and O–H groups in total. The van der Waals surface area contributed by atoms with Gasteiger partial charge in [0.2, 0.25) is 0 Å². The number of hydrogen-bond donors (Lipinski definition) is 0. The van der Waals surface area contributed by atoms with Crippen molar-refractivity contribution in [3.8, 4) is 23.6 Å². The molecular weight excluding hydrogens is 228 g/mol. The van der Waals surface area contributed by atoms with E-state index in [0.717, 1.165) is 0 Å². The third-order valence-corrected chi connectivity index (χ3v) is 2.08. The standard InChI is InChI=1S/C10H3ClN4O/c11-10-9(8-2-1-3-16-8)14-6(4-12)7(5-13)15-10/h1-3H. The average molecular weight is 231 g/mol. The van der Waals surface area contributed by atoms with Crippen molar-refractivity contribution in [1.29, 1.82) is 10.5 Å². The number of rotatable bonds is 1. The second kappa shape index (κ2) is 4.01. The molecule has 5 nitrogen and oxygen atoms in total. The Labute approximate surface area is 95.5 Å². The summed E-state index contributed by atoms with van der Waals surface area (Å²) >= 11 is 5.83. The fourth-order valence-corrected chi connectivity index (χ4v) is 1.36. The predicted molar refractivity (Wildman–Crippen MR) is 54.2 cm³/mol. The van der Waals surface area contributed by atoms with Crippen LogP contribution in [-0.2, 0) is 0 Å². The van der Waals surface area contributed by atoms with Gasteiger partial charge in [0, 0.05) is 0 Å². The fourth-order valence-electron chi connectivity index (χ4n) is 1.14. The lowest BCUT2D eigenvalue weighted by atomic mass is 10.3. The molecule has 2 rings (SSSR count). The van der Waals surface area contributed by atoms with Crippen LogP contribution in [0, 0.1) is 22.7 Å². The van der Waals surface area contributed by atoms with Crippen LogP contribution in [0.1, 0.15) is 11.4 Å². The lowest BCUT2D eigenvalue weighted by molar-refractivity contribution is 0.579. The molecule has 0 aliphatic heterocycles. The van der Waals surface area contributed by atoms with Crippen molar-refractivity contribution in [2.24, 2.45) is 0 Å². The molecule has 76 valence electrons. The summed E-state index contributed by atoms with van der Waals surface area (Å²) in [6.45, 7) is 0. The van der Waals surface area contributed by atoms with Gasteiger partial charge in [0.25, 0.3) is 0 Å². The molecule has 0 saturated carbocycles. The first kappa shape index (κ1) is 10.2. The first-order valence-corrected chi connectivity index (χ1v) is 4.55. The number of halogens is 1. The van der Waals surface area contributed by atoms with Gasteiger partial charge in [-0.3, -0.25) is 0 Å². The van der Waals surface area contributed by atoms with Gasteiger partial charge in [0.15, 0.2) is 22.3 Å². The molecule has 0 aromatic carbocycles. The van der Waals surface area contributed by atoms with Gasteiger partial charge in [-0.1, -0.05) is 11.6 Å². The van der Waals surface area contributed by atoms with E-state index in [1.807, 2.05) is 0 Å². The van der Waals surface area contributed by atoms with Gasteiger partial charge >= 0.3 is 0 Å². The van der Waals surface area contributed by atoms with Crippen molar-refractivity contribution >= 4 is 11.6 Å². The van der Waals surface area contributed by atoms with Gasteiger partial charge < -0.3 is 4.42 Å². The summed E-state index contributed by atoms with van der Waals surface area (Å²) in [6, 6.07) is 6.83. The Morgan fingerprint density at radius 3 is 2.44 bits per heavy atom. The molecule has 2 aromatic heterocycles. The van der Waals surface area contributed by atoms with Crippen molar-refractivity contribution in [3.63, 3.8) is 0 Å². The molecule has 0 spiro atoms. The smallest absolute Gasteiger partial charge is 0.178 e. The first-order valence-electron chi connectivity index (χ1n) is 4.18. The largest absolute Gasteiger partial charge is 0.463 e. The quantitative estimate of drug-likeness (QED) is 0.749. The number of nitrogens with zero attached hydrogens (tertiary/aromatic N) is 4. The summed E-state index contributed by atoms with van der Waals surface area (Å²) in [5.74, 6) is 0.401. The Morgan fingerprint density at radius 2 is 1.88 bits per heavy atom. The van der Waals surface area contributed by atoms with Crippen molar-refractivity contribution < 1.29 is 4.42 Å². The molecule has 2 heterocycles. The lowest BCUT2D eigenvalue weighted by Gasteiger charge is -2.00. The molecule has 0 saturated heterocycles. The molecule has 0 radical (unpaired) electrons. The second-order valence-electron chi connectivity index (χ2n) is 2.76. The minimum absolute atomic E-state index is 0.0329. The number of furan rings is 1. The zero-order valence-electron chi connectivity index (χ0n) is 7.81. The molecule has 2 aromatic rings. The van der Waals surface area contributed by atoms with E-state index in [1.165, 1.54) is 6.26 Å². The van der Waals surface area contributed by atoms with Crippen LogP contribution < -0.4 is 0 Å². The number of nitriles is 2. The summed E-state index contributed by atoms with van der Waals surface area (Å²) < 4.78 is 5.09. The monoisotopic (exact) mass is 230 g/mol. The van der Waals surface area contributed by atoms with E-state index in [9.17, 15) is 0 Å². The van der Waals surface area contributed by atoms with E-state index < -0.39 is 0 Å². The van der Waals surface area contributed by atoms with Crippen LogP contribution in [0.2, 0.25) is 5.15 Å². The van der Waals surface area contributed by atoms with E-state index in [2.05, 4.69) is 9.97 Å². The van der Waals surface area contributed by atoms with Crippen molar-refractivity contribution in [2.45, 2.75) is 0 Å². The van der Waals surface area contributed by atoms with Gasteiger partial charge in [-0.25, -0.2) is 9.97 Å². The van der Waals surface area contributed by atoms with Crippen LogP contribution in [0.4, 0.5) is 0 Å². The highest BCUT2D eigenvalue weighted by Crippen LogP contribution is 2.25. The van der Waals surface area contributed by atoms with E-state index in [0.29, 0.717) is 5.76 Å². The highest BCUT2D eigenvalue weighted by atomic mass is 35.5. The molecule has 0 aliphatic carbocycles. The van der Waals surface area contributed by atoms with E-state index in [4.69, 9.17) is 26.5 Å². The van der Waals surface area contributed by atoms with Crippen LogP contribution >= 0.6 is 11.6 Å². The van der Waals surface area contributed by atoms with Gasteiger partial charge in [0.05, 0.1) is 6.26 Å². The van der Waals surface area contributed by atoms with Crippen LogP contribution in [0.25, 0.3) is 11.5 Å².